The molecule has 1 heterocycles. The molecule has 11 heavy (non-hydrogen) atoms. The summed E-state index contributed by atoms with van der Waals surface area (Å²) in [6.07, 6.45) is 4.35. The van der Waals surface area contributed by atoms with Gasteiger partial charge in [0.2, 0.25) is 0 Å². The Hall–Kier alpha value is -1.18. The van der Waals surface area contributed by atoms with Crippen molar-refractivity contribution in [1.82, 2.24) is 4.98 Å². The van der Waals surface area contributed by atoms with Crippen LogP contribution >= 0.6 is 0 Å². The van der Waals surface area contributed by atoms with Crippen LogP contribution in [0.1, 0.15) is 19.4 Å². The van der Waals surface area contributed by atoms with Crippen molar-refractivity contribution >= 4 is 6.29 Å². The third-order valence-electron chi connectivity index (χ3n) is 1.70. The highest BCUT2D eigenvalue weighted by Gasteiger charge is 2.18. The first kappa shape index (κ1) is 7.92. The van der Waals surface area contributed by atoms with Gasteiger partial charge in [0.15, 0.2) is 0 Å². The van der Waals surface area contributed by atoms with Gasteiger partial charge in [-0.2, -0.15) is 0 Å². The van der Waals surface area contributed by atoms with Crippen molar-refractivity contribution in [2.45, 2.75) is 19.3 Å². The number of carbonyl (C=O) groups is 1. The highest BCUT2D eigenvalue weighted by molar-refractivity contribution is 5.66. The van der Waals surface area contributed by atoms with E-state index >= 15 is 0 Å². The lowest BCUT2D eigenvalue weighted by molar-refractivity contribution is -0.111. The Morgan fingerprint density at radius 1 is 1.55 bits per heavy atom. The number of aromatic nitrogens is 1. The average molecular weight is 149 g/mol. The van der Waals surface area contributed by atoms with Gasteiger partial charge in [-0.3, -0.25) is 4.98 Å². The summed E-state index contributed by atoms with van der Waals surface area (Å²) in [5.74, 6) is 0. The van der Waals surface area contributed by atoms with Crippen molar-refractivity contribution in [2.75, 3.05) is 0 Å². The van der Waals surface area contributed by atoms with Crippen LogP contribution in [-0.4, -0.2) is 11.3 Å². The molecule has 0 radical (unpaired) electrons. The minimum absolute atomic E-state index is 0.408. The summed E-state index contributed by atoms with van der Waals surface area (Å²) in [6, 6.07) is 3.74. The Morgan fingerprint density at radius 2 is 2.27 bits per heavy atom. The molecule has 0 amide bonds. The number of nitrogens with zero attached hydrogens (tertiary/aromatic N) is 1. The molecule has 0 saturated carbocycles. The van der Waals surface area contributed by atoms with E-state index in [0.29, 0.717) is 0 Å². The largest absolute Gasteiger partial charge is 0.302 e. The molecule has 58 valence electrons. The molecule has 0 aromatic carbocycles. The maximum Gasteiger partial charge on any atom is 0.130 e. The Morgan fingerprint density at radius 3 is 2.73 bits per heavy atom. The van der Waals surface area contributed by atoms with Crippen molar-refractivity contribution in [3.63, 3.8) is 0 Å². The molecule has 0 spiro atoms. The van der Waals surface area contributed by atoms with E-state index in [1.54, 1.807) is 12.4 Å². The highest BCUT2D eigenvalue weighted by Crippen LogP contribution is 2.18. The monoisotopic (exact) mass is 149 g/mol. The minimum atomic E-state index is -0.408. The second kappa shape index (κ2) is 2.82. The van der Waals surface area contributed by atoms with Crippen LogP contribution in [0.25, 0.3) is 0 Å². The molecule has 1 aromatic rings. The standard InChI is InChI=1S/C9H11NO/c1-9(2,7-11)8-4-3-5-10-6-8/h3-7H,1-2H3. The molecule has 0 unspecified atom stereocenters. The molecule has 0 saturated heterocycles. The van der Waals surface area contributed by atoms with E-state index in [1.165, 1.54) is 0 Å². The lowest BCUT2D eigenvalue weighted by Crippen LogP contribution is -2.18. The Bertz CT molecular complexity index is 241. The van der Waals surface area contributed by atoms with Gasteiger partial charge in [0.1, 0.15) is 6.29 Å². The van der Waals surface area contributed by atoms with Gasteiger partial charge in [-0.1, -0.05) is 6.07 Å². The van der Waals surface area contributed by atoms with Crippen molar-refractivity contribution in [3.05, 3.63) is 30.1 Å². The van der Waals surface area contributed by atoms with Gasteiger partial charge >= 0.3 is 0 Å². The lowest BCUT2D eigenvalue weighted by Gasteiger charge is -2.15. The van der Waals surface area contributed by atoms with Gasteiger partial charge in [-0.05, 0) is 25.5 Å². The highest BCUT2D eigenvalue weighted by atomic mass is 16.1. The van der Waals surface area contributed by atoms with Crippen molar-refractivity contribution in [2.24, 2.45) is 0 Å². The maximum absolute atomic E-state index is 10.6. The first-order valence-corrected chi connectivity index (χ1v) is 3.53. The fraction of sp³-hybridized carbons (Fsp3) is 0.333. The normalized spacial score (nSPS) is 11.1. The van der Waals surface area contributed by atoms with E-state index in [9.17, 15) is 4.79 Å². The lowest BCUT2D eigenvalue weighted by atomic mass is 9.88. The van der Waals surface area contributed by atoms with Crippen LogP contribution in [-0.2, 0) is 10.2 Å². The summed E-state index contributed by atoms with van der Waals surface area (Å²) < 4.78 is 0. The smallest absolute Gasteiger partial charge is 0.130 e. The van der Waals surface area contributed by atoms with Crippen molar-refractivity contribution < 1.29 is 4.79 Å². The Labute approximate surface area is 66.3 Å². The van der Waals surface area contributed by atoms with E-state index in [0.717, 1.165) is 11.8 Å². The molecule has 0 aliphatic rings. The van der Waals surface area contributed by atoms with E-state index in [-0.39, 0.29) is 0 Å². The van der Waals surface area contributed by atoms with Crippen molar-refractivity contribution in [1.29, 1.82) is 0 Å². The molecule has 1 rings (SSSR count). The summed E-state index contributed by atoms with van der Waals surface area (Å²) in [5.41, 5.74) is 0.545. The zero-order chi connectivity index (χ0) is 8.32. The molecule has 0 N–H and O–H groups in total. The molecule has 0 aliphatic carbocycles. The van der Waals surface area contributed by atoms with Crippen LogP contribution in [0.5, 0.6) is 0 Å². The fourth-order valence-corrected chi connectivity index (χ4v) is 0.812. The van der Waals surface area contributed by atoms with Gasteiger partial charge in [-0.25, -0.2) is 0 Å². The van der Waals surface area contributed by atoms with E-state index in [2.05, 4.69) is 4.98 Å². The molecular formula is C9H11NO. The Balaban J connectivity index is 3.02. The summed E-state index contributed by atoms with van der Waals surface area (Å²) in [7, 11) is 0. The number of aldehydes is 1. The third-order valence-corrected chi connectivity index (χ3v) is 1.70. The van der Waals surface area contributed by atoms with Gasteiger partial charge in [0, 0.05) is 17.8 Å². The SMILES string of the molecule is CC(C)(C=O)c1cccnc1. The fourth-order valence-electron chi connectivity index (χ4n) is 0.812. The molecule has 0 fully saturated rings. The third kappa shape index (κ3) is 1.64. The van der Waals surface area contributed by atoms with Gasteiger partial charge in [0.05, 0.1) is 0 Å². The zero-order valence-electron chi connectivity index (χ0n) is 6.74. The summed E-state index contributed by atoms with van der Waals surface area (Å²) in [5, 5.41) is 0. The van der Waals surface area contributed by atoms with E-state index < -0.39 is 5.41 Å². The van der Waals surface area contributed by atoms with E-state index in [1.807, 2.05) is 26.0 Å². The van der Waals surface area contributed by atoms with E-state index in [4.69, 9.17) is 0 Å². The van der Waals surface area contributed by atoms with Crippen LogP contribution in [0.4, 0.5) is 0 Å². The molecule has 1 aromatic heterocycles. The molecule has 2 heteroatoms. The number of rotatable bonds is 2. The predicted molar refractivity (Wildman–Crippen MR) is 43.3 cm³/mol. The molecule has 0 atom stereocenters. The minimum Gasteiger partial charge on any atom is -0.302 e. The summed E-state index contributed by atoms with van der Waals surface area (Å²) in [6.45, 7) is 3.74. The van der Waals surface area contributed by atoms with Gasteiger partial charge < -0.3 is 4.79 Å². The number of carbonyl (C=O) groups excluding carboxylic acids is 1. The van der Waals surface area contributed by atoms with Crippen LogP contribution in [0.2, 0.25) is 0 Å². The second-order valence-corrected chi connectivity index (χ2v) is 3.08. The van der Waals surface area contributed by atoms with Crippen LogP contribution < -0.4 is 0 Å². The van der Waals surface area contributed by atoms with Gasteiger partial charge in [0.25, 0.3) is 0 Å². The number of hydrogen-bond acceptors (Lipinski definition) is 2. The van der Waals surface area contributed by atoms with Crippen molar-refractivity contribution in [3.8, 4) is 0 Å². The maximum atomic E-state index is 10.6. The summed E-state index contributed by atoms with van der Waals surface area (Å²) in [4.78, 5) is 14.5. The molecule has 0 bridgehead atoms. The quantitative estimate of drug-likeness (QED) is 0.597. The number of pyridine rings is 1. The second-order valence-electron chi connectivity index (χ2n) is 3.08. The van der Waals surface area contributed by atoms with Gasteiger partial charge in [-0.15, -0.1) is 0 Å². The molecule has 2 nitrogen and oxygen atoms in total. The average Bonchev–Trinajstić information content (AvgIpc) is 2.06. The van der Waals surface area contributed by atoms with Crippen LogP contribution in [0.15, 0.2) is 24.5 Å². The summed E-state index contributed by atoms with van der Waals surface area (Å²) >= 11 is 0. The molecular weight excluding hydrogens is 138 g/mol. The molecule has 0 aliphatic heterocycles. The first-order valence-electron chi connectivity index (χ1n) is 3.53. The predicted octanol–water partition coefficient (Wildman–Crippen LogP) is 1.56. The topological polar surface area (TPSA) is 30.0 Å². The van der Waals surface area contributed by atoms with Crippen LogP contribution in [0, 0.1) is 0 Å². The Kier molecular flexibility index (Phi) is 2.03. The zero-order valence-corrected chi connectivity index (χ0v) is 6.74. The van der Waals surface area contributed by atoms with Crippen LogP contribution in [0.3, 0.4) is 0 Å². The first-order chi connectivity index (χ1) is 5.17. The number of hydrogen-bond donors (Lipinski definition) is 0.